The van der Waals surface area contributed by atoms with Gasteiger partial charge in [0.05, 0.1) is 6.54 Å². The Balaban J connectivity index is 1.71. The van der Waals surface area contributed by atoms with E-state index in [1.54, 1.807) is 10.6 Å². The normalized spacial score (nSPS) is 21.0. The molecule has 6 heteroatoms. The van der Waals surface area contributed by atoms with E-state index in [4.69, 9.17) is 5.73 Å². The van der Waals surface area contributed by atoms with Crippen molar-refractivity contribution in [3.8, 4) is 0 Å². The molecule has 3 rings (SSSR count). The highest BCUT2D eigenvalue weighted by atomic mass is 16.2. The van der Waals surface area contributed by atoms with Crippen LogP contribution in [0.4, 0.5) is 0 Å². The first kappa shape index (κ1) is 12.4. The Kier molecular flexibility index (Phi) is 3.35. The molecule has 3 heterocycles. The molecule has 0 amide bonds. The summed E-state index contributed by atoms with van der Waals surface area (Å²) >= 11 is 0. The van der Waals surface area contributed by atoms with E-state index < -0.39 is 0 Å². The minimum absolute atomic E-state index is 0.0723. The van der Waals surface area contributed by atoms with Crippen LogP contribution in [-0.2, 0) is 6.54 Å². The first-order valence-corrected chi connectivity index (χ1v) is 6.76. The van der Waals surface area contributed by atoms with Gasteiger partial charge in [-0.1, -0.05) is 6.07 Å². The number of rotatable bonds is 3. The number of piperidine rings is 1. The van der Waals surface area contributed by atoms with E-state index in [0.29, 0.717) is 12.2 Å². The Labute approximate surface area is 111 Å². The van der Waals surface area contributed by atoms with Gasteiger partial charge in [0.25, 0.3) is 0 Å². The lowest BCUT2D eigenvalue weighted by Crippen LogP contribution is -2.44. The molecule has 0 bridgehead atoms. The average molecular weight is 261 g/mol. The number of likely N-dealkylation sites (tertiary alicyclic amines) is 1. The summed E-state index contributed by atoms with van der Waals surface area (Å²) in [6, 6.07) is 5.83. The molecule has 0 unspecified atom stereocenters. The van der Waals surface area contributed by atoms with Crippen molar-refractivity contribution in [3.05, 3.63) is 34.9 Å². The van der Waals surface area contributed by atoms with E-state index in [1.165, 1.54) is 4.68 Å². The first-order valence-electron chi connectivity index (χ1n) is 6.76. The Hall–Kier alpha value is -1.66. The second-order valence-electron chi connectivity index (χ2n) is 5.14. The summed E-state index contributed by atoms with van der Waals surface area (Å²) < 4.78 is 3.11. The van der Waals surface area contributed by atoms with E-state index in [1.807, 2.05) is 18.2 Å². The van der Waals surface area contributed by atoms with Gasteiger partial charge < -0.3 is 5.73 Å². The zero-order valence-corrected chi connectivity index (χ0v) is 10.9. The van der Waals surface area contributed by atoms with Crippen LogP contribution in [0.2, 0.25) is 0 Å². The van der Waals surface area contributed by atoms with Gasteiger partial charge in [-0.15, -0.1) is 5.10 Å². The van der Waals surface area contributed by atoms with Crippen molar-refractivity contribution in [3.63, 3.8) is 0 Å². The third-order valence-electron chi connectivity index (χ3n) is 3.66. The molecule has 6 nitrogen and oxygen atoms in total. The fourth-order valence-electron chi connectivity index (χ4n) is 2.64. The number of hydrogen-bond acceptors (Lipinski definition) is 4. The molecule has 2 aromatic heterocycles. The van der Waals surface area contributed by atoms with Crippen molar-refractivity contribution in [2.24, 2.45) is 5.73 Å². The van der Waals surface area contributed by atoms with Gasteiger partial charge in [0.2, 0.25) is 0 Å². The molecule has 102 valence electrons. The Morgan fingerprint density at radius 1 is 1.37 bits per heavy atom. The van der Waals surface area contributed by atoms with Crippen LogP contribution in [0.3, 0.4) is 0 Å². The molecule has 1 saturated heterocycles. The zero-order chi connectivity index (χ0) is 13.2. The molecule has 2 aromatic rings. The van der Waals surface area contributed by atoms with Crippen LogP contribution in [0.25, 0.3) is 5.65 Å². The van der Waals surface area contributed by atoms with Crippen molar-refractivity contribution >= 4 is 5.65 Å². The molecular formula is C13H19N5O. The molecule has 0 saturated carbocycles. The summed E-state index contributed by atoms with van der Waals surface area (Å²) in [5.74, 6) is 0. The van der Waals surface area contributed by atoms with Crippen LogP contribution in [0.1, 0.15) is 12.8 Å². The molecule has 0 spiro atoms. The quantitative estimate of drug-likeness (QED) is 0.839. The van der Waals surface area contributed by atoms with Gasteiger partial charge in [-0.25, -0.2) is 9.48 Å². The van der Waals surface area contributed by atoms with E-state index in [0.717, 1.165) is 32.5 Å². The van der Waals surface area contributed by atoms with Crippen molar-refractivity contribution in [2.45, 2.75) is 25.4 Å². The number of fused-ring (bicyclic) bond motifs is 1. The number of nitrogens with zero attached hydrogens (tertiary/aromatic N) is 4. The predicted octanol–water partition coefficient (Wildman–Crippen LogP) is -0.0809. The largest absolute Gasteiger partial charge is 0.350 e. The van der Waals surface area contributed by atoms with Gasteiger partial charge in [-0.05, 0) is 31.5 Å². The molecule has 0 aliphatic carbocycles. The van der Waals surface area contributed by atoms with Gasteiger partial charge in [-0.3, -0.25) is 9.30 Å². The van der Waals surface area contributed by atoms with Crippen molar-refractivity contribution < 1.29 is 0 Å². The average Bonchev–Trinajstić information content (AvgIpc) is 2.74. The van der Waals surface area contributed by atoms with Crippen LogP contribution < -0.4 is 11.4 Å². The van der Waals surface area contributed by atoms with E-state index in [2.05, 4.69) is 10.00 Å². The van der Waals surface area contributed by atoms with Gasteiger partial charge in [0, 0.05) is 25.3 Å². The summed E-state index contributed by atoms with van der Waals surface area (Å²) in [7, 11) is 0. The highest BCUT2D eigenvalue weighted by Crippen LogP contribution is 2.07. The smallest absolute Gasteiger partial charge is 0.327 e. The lowest BCUT2D eigenvalue weighted by Gasteiger charge is -2.30. The summed E-state index contributed by atoms with van der Waals surface area (Å²) in [6.07, 6.45) is 3.99. The molecule has 0 radical (unpaired) electrons. The zero-order valence-electron chi connectivity index (χ0n) is 10.9. The number of nitrogens with two attached hydrogens (primary N) is 1. The van der Waals surface area contributed by atoms with Crippen LogP contribution in [0.15, 0.2) is 29.2 Å². The third kappa shape index (κ3) is 2.54. The Morgan fingerprint density at radius 3 is 3.05 bits per heavy atom. The molecule has 1 fully saturated rings. The monoisotopic (exact) mass is 261 g/mol. The fraction of sp³-hybridized carbons (Fsp3) is 0.538. The molecule has 19 heavy (non-hydrogen) atoms. The topological polar surface area (TPSA) is 68.6 Å². The molecule has 2 N–H and O–H groups in total. The SMILES string of the molecule is N[C@@H]1CCCN(CCn2nc3ccccn3c2=O)C1. The van der Waals surface area contributed by atoms with Gasteiger partial charge in [-0.2, -0.15) is 0 Å². The summed E-state index contributed by atoms with van der Waals surface area (Å²) in [5.41, 5.74) is 6.58. The van der Waals surface area contributed by atoms with Crippen molar-refractivity contribution in [2.75, 3.05) is 19.6 Å². The predicted molar refractivity (Wildman–Crippen MR) is 73.1 cm³/mol. The van der Waals surface area contributed by atoms with Crippen LogP contribution in [0, 0.1) is 0 Å². The second kappa shape index (κ2) is 5.14. The number of hydrogen-bond donors (Lipinski definition) is 1. The maximum atomic E-state index is 12.1. The van der Waals surface area contributed by atoms with Crippen molar-refractivity contribution in [1.29, 1.82) is 0 Å². The van der Waals surface area contributed by atoms with E-state index >= 15 is 0 Å². The summed E-state index contributed by atoms with van der Waals surface area (Å²) in [4.78, 5) is 14.4. The van der Waals surface area contributed by atoms with Gasteiger partial charge in [0.15, 0.2) is 5.65 Å². The first-order chi connectivity index (χ1) is 9.24. The van der Waals surface area contributed by atoms with E-state index in [-0.39, 0.29) is 11.7 Å². The Bertz CT molecular complexity index is 617. The number of pyridine rings is 1. The highest BCUT2D eigenvalue weighted by Gasteiger charge is 2.16. The fourth-order valence-corrected chi connectivity index (χ4v) is 2.64. The minimum Gasteiger partial charge on any atom is -0.327 e. The highest BCUT2D eigenvalue weighted by molar-refractivity contribution is 5.35. The minimum atomic E-state index is -0.0723. The van der Waals surface area contributed by atoms with Crippen molar-refractivity contribution in [1.82, 2.24) is 19.1 Å². The lowest BCUT2D eigenvalue weighted by atomic mass is 10.1. The third-order valence-corrected chi connectivity index (χ3v) is 3.66. The molecule has 1 aliphatic rings. The van der Waals surface area contributed by atoms with Gasteiger partial charge >= 0.3 is 5.69 Å². The molecule has 1 aliphatic heterocycles. The van der Waals surface area contributed by atoms with Crippen LogP contribution >= 0.6 is 0 Å². The second-order valence-corrected chi connectivity index (χ2v) is 5.14. The van der Waals surface area contributed by atoms with E-state index in [9.17, 15) is 4.79 Å². The maximum absolute atomic E-state index is 12.1. The summed E-state index contributed by atoms with van der Waals surface area (Å²) in [6.45, 7) is 3.43. The molecule has 0 aromatic carbocycles. The molecule has 1 atom stereocenters. The Morgan fingerprint density at radius 2 is 2.26 bits per heavy atom. The standard InChI is InChI=1S/C13H19N5O/c14-11-4-3-6-16(10-11)8-9-18-13(19)17-7-2-1-5-12(17)15-18/h1-2,5,7,11H,3-4,6,8-10,14H2/t11-/m1/s1. The lowest BCUT2D eigenvalue weighted by molar-refractivity contribution is 0.199. The van der Waals surface area contributed by atoms with Gasteiger partial charge in [0.1, 0.15) is 0 Å². The van der Waals surface area contributed by atoms with Crippen LogP contribution in [-0.4, -0.2) is 44.8 Å². The van der Waals surface area contributed by atoms with Crippen LogP contribution in [0.5, 0.6) is 0 Å². The summed E-state index contributed by atoms with van der Waals surface area (Å²) in [5, 5.41) is 4.32. The number of aromatic nitrogens is 3. The molecular weight excluding hydrogens is 242 g/mol. The maximum Gasteiger partial charge on any atom is 0.350 e.